The Labute approximate surface area is 163 Å². The number of methoxy groups -OCH3 is 2. The highest BCUT2D eigenvalue weighted by atomic mass is 16.7. The number of rotatable bonds is 6. The van der Waals surface area contributed by atoms with Crippen molar-refractivity contribution in [3.8, 4) is 11.5 Å². The van der Waals surface area contributed by atoms with Crippen LogP contribution in [0.4, 0.5) is 0 Å². The highest BCUT2D eigenvalue weighted by molar-refractivity contribution is 5.89. The summed E-state index contributed by atoms with van der Waals surface area (Å²) in [6.45, 7) is 1.51. The summed E-state index contributed by atoms with van der Waals surface area (Å²) in [5.74, 6) is 1.28. The van der Waals surface area contributed by atoms with Gasteiger partial charge in [-0.1, -0.05) is 24.3 Å². The molecular weight excluding hydrogens is 360 g/mol. The van der Waals surface area contributed by atoms with E-state index in [0.717, 1.165) is 16.7 Å². The van der Waals surface area contributed by atoms with Crippen LogP contribution >= 0.6 is 0 Å². The lowest BCUT2D eigenvalue weighted by molar-refractivity contribution is -0.151. The van der Waals surface area contributed by atoms with Crippen LogP contribution in [-0.4, -0.2) is 44.3 Å². The fourth-order valence-corrected chi connectivity index (χ4v) is 3.81. The fraction of sp³-hybridized carbons (Fsp3) is 0.381. The van der Waals surface area contributed by atoms with Gasteiger partial charge in [-0.15, -0.1) is 0 Å². The molecule has 7 nitrogen and oxygen atoms in total. The van der Waals surface area contributed by atoms with Gasteiger partial charge in [-0.2, -0.15) is 0 Å². The summed E-state index contributed by atoms with van der Waals surface area (Å²) in [5.41, 5.74) is 8.96. The van der Waals surface area contributed by atoms with Crippen LogP contribution in [0.15, 0.2) is 42.5 Å². The van der Waals surface area contributed by atoms with E-state index >= 15 is 0 Å². The van der Waals surface area contributed by atoms with Gasteiger partial charge in [0.1, 0.15) is 17.5 Å². The molecule has 2 saturated heterocycles. The molecule has 2 fully saturated rings. The van der Waals surface area contributed by atoms with E-state index in [-0.39, 0.29) is 11.9 Å². The molecule has 2 unspecified atom stereocenters. The van der Waals surface area contributed by atoms with Crippen molar-refractivity contribution in [2.75, 3.05) is 27.4 Å². The Morgan fingerprint density at radius 2 is 1.79 bits per heavy atom. The van der Waals surface area contributed by atoms with E-state index < -0.39 is 12.3 Å². The van der Waals surface area contributed by atoms with Crippen LogP contribution in [0, 0.1) is 0 Å². The largest absolute Gasteiger partial charge is 0.497 e. The van der Waals surface area contributed by atoms with Gasteiger partial charge >= 0.3 is 0 Å². The number of carbonyl (C=O) groups is 1. The molecule has 148 valence electrons. The summed E-state index contributed by atoms with van der Waals surface area (Å²) in [4.78, 5) is 14.3. The van der Waals surface area contributed by atoms with Gasteiger partial charge in [-0.3, -0.25) is 4.79 Å². The van der Waals surface area contributed by atoms with E-state index in [2.05, 4.69) is 0 Å². The van der Waals surface area contributed by atoms with Gasteiger partial charge in [0.2, 0.25) is 5.91 Å². The first-order chi connectivity index (χ1) is 13.6. The van der Waals surface area contributed by atoms with Crippen molar-refractivity contribution in [3.05, 3.63) is 59.2 Å². The minimum absolute atomic E-state index is 0.0917. The summed E-state index contributed by atoms with van der Waals surface area (Å²) in [7, 11) is 3.20. The van der Waals surface area contributed by atoms with E-state index in [1.54, 1.807) is 19.1 Å². The molecule has 0 aromatic heterocycles. The molecule has 2 aromatic carbocycles. The standard InChI is InChI=1S/C21H24N2O5/c1-25-14-8-7-13(17(11-14)26-2)12-23-19(18(22)20(23)24)15-5-3-4-6-16(15)21-27-9-10-28-21/h3-8,11,18-19,21H,9-10,12,22H2,1-2H3. The molecule has 28 heavy (non-hydrogen) atoms. The first-order valence-electron chi connectivity index (χ1n) is 9.23. The second kappa shape index (κ2) is 7.79. The van der Waals surface area contributed by atoms with Crippen LogP contribution in [0.2, 0.25) is 0 Å². The molecular formula is C21H24N2O5. The third-order valence-corrected chi connectivity index (χ3v) is 5.27. The monoisotopic (exact) mass is 384 g/mol. The topological polar surface area (TPSA) is 83.3 Å². The maximum absolute atomic E-state index is 12.6. The van der Waals surface area contributed by atoms with Crippen molar-refractivity contribution in [2.24, 2.45) is 5.73 Å². The van der Waals surface area contributed by atoms with Gasteiger partial charge in [0.05, 0.1) is 40.0 Å². The zero-order chi connectivity index (χ0) is 19.7. The van der Waals surface area contributed by atoms with Crippen molar-refractivity contribution < 1.29 is 23.7 Å². The van der Waals surface area contributed by atoms with Crippen LogP contribution in [0.1, 0.15) is 29.0 Å². The molecule has 0 saturated carbocycles. The second-order valence-corrected chi connectivity index (χ2v) is 6.82. The predicted octanol–water partition coefficient (Wildman–Crippen LogP) is 2.16. The van der Waals surface area contributed by atoms with Gasteiger partial charge in [0, 0.05) is 17.2 Å². The number of hydrogen-bond donors (Lipinski definition) is 1. The van der Waals surface area contributed by atoms with Crippen molar-refractivity contribution in [2.45, 2.75) is 24.9 Å². The van der Waals surface area contributed by atoms with Crippen LogP contribution in [0.25, 0.3) is 0 Å². The molecule has 2 N–H and O–H groups in total. The number of β-lactam (4-membered cyclic amide) rings is 1. The summed E-state index contributed by atoms with van der Waals surface area (Å²) in [5, 5.41) is 0. The Kier molecular flexibility index (Phi) is 5.21. The Morgan fingerprint density at radius 1 is 1.07 bits per heavy atom. The number of carbonyl (C=O) groups excluding carboxylic acids is 1. The minimum atomic E-state index is -0.591. The molecule has 0 bridgehead atoms. The Bertz CT molecular complexity index is 866. The summed E-state index contributed by atoms with van der Waals surface area (Å²) >= 11 is 0. The molecule has 2 aliphatic rings. The first kappa shape index (κ1) is 18.7. The normalized spacial score (nSPS) is 22.2. The maximum Gasteiger partial charge on any atom is 0.242 e. The van der Waals surface area contributed by atoms with Crippen molar-refractivity contribution in [1.29, 1.82) is 0 Å². The molecule has 2 aliphatic heterocycles. The lowest BCUT2D eigenvalue weighted by Gasteiger charge is -2.46. The lowest BCUT2D eigenvalue weighted by atomic mass is 9.85. The number of ether oxygens (including phenoxy) is 4. The Hall–Kier alpha value is -2.61. The quantitative estimate of drug-likeness (QED) is 0.769. The number of amides is 1. The van der Waals surface area contributed by atoms with E-state index in [4.69, 9.17) is 24.7 Å². The summed E-state index contributed by atoms with van der Waals surface area (Å²) < 4.78 is 22.1. The van der Waals surface area contributed by atoms with Gasteiger partial charge in [-0.25, -0.2) is 0 Å². The molecule has 0 spiro atoms. The molecule has 0 radical (unpaired) electrons. The zero-order valence-corrected chi connectivity index (χ0v) is 16.0. The summed E-state index contributed by atoms with van der Waals surface area (Å²) in [6, 6.07) is 12.6. The second-order valence-electron chi connectivity index (χ2n) is 6.82. The fourth-order valence-electron chi connectivity index (χ4n) is 3.81. The zero-order valence-electron chi connectivity index (χ0n) is 16.0. The highest BCUT2D eigenvalue weighted by Gasteiger charge is 2.47. The summed E-state index contributed by atoms with van der Waals surface area (Å²) in [6.07, 6.45) is -0.420. The van der Waals surface area contributed by atoms with Crippen molar-refractivity contribution >= 4 is 5.91 Å². The molecule has 7 heteroatoms. The number of benzene rings is 2. The van der Waals surface area contributed by atoms with Gasteiger partial charge in [0.25, 0.3) is 0 Å². The van der Waals surface area contributed by atoms with Crippen LogP contribution < -0.4 is 15.2 Å². The van der Waals surface area contributed by atoms with E-state index in [9.17, 15) is 4.79 Å². The van der Waals surface area contributed by atoms with E-state index in [1.807, 2.05) is 42.5 Å². The minimum Gasteiger partial charge on any atom is -0.497 e. The number of nitrogens with zero attached hydrogens (tertiary/aromatic N) is 1. The number of nitrogens with two attached hydrogens (primary N) is 1. The smallest absolute Gasteiger partial charge is 0.242 e. The van der Waals surface area contributed by atoms with Crippen LogP contribution in [0.5, 0.6) is 11.5 Å². The molecule has 2 heterocycles. The molecule has 4 rings (SSSR count). The van der Waals surface area contributed by atoms with E-state index in [0.29, 0.717) is 31.3 Å². The Morgan fingerprint density at radius 3 is 2.46 bits per heavy atom. The van der Waals surface area contributed by atoms with Gasteiger partial charge in [-0.05, 0) is 17.7 Å². The maximum atomic E-state index is 12.6. The molecule has 2 atom stereocenters. The predicted molar refractivity (Wildman–Crippen MR) is 102 cm³/mol. The van der Waals surface area contributed by atoms with Crippen molar-refractivity contribution in [3.63, 3.8) is 0 Å². The van der Waals surface area contributed by atoms with Crippen LogP contribution in [-0.2, 0) is 20.8 Å². The average molecular weight is 384 g/mol. The number of hydrogen-bond acceptors (Lipinski definition) is 6. The van der Waals surface area contributed by atoms with E-state index in [1.165, 1.54) is 0 Å². The van der Waals surface area contributed by atoms with Gasteiger partial charge in [0.15, 0.2) is 6.29 Å². The molecule has 1 amide bonds. The highest BCUT2D eigenvalue weighted by Crippen LogP contribution is 2.41. The lowest BCUT2D eigenvalue weighted by Crippen LogP contribution is -2.62. The molecule has 0 aliphatic carbocycles. The Balaban J connectivity index is 1.63. The SMILES string of the molecule is COc1ccc(CN2C(=O)C(N)C2c2ccccc2C2OCCO2)c(OC)c1. The van der Waals surface area contributed by atoms with Crippen molar-refractivity contribution in [1.82, 2.24) is 4.90 Å². The van der Waals surface area contributed by atoms with Gasteiger partial charge < -0.3 is 29.6 Å². The first-order valence-corrected chi connectivity index (χ1v) is 9.23. The molecule has 2 aromatic rings. The number of likely N-dealkylation sites (tertiary alicyclic amines) is 1. The van der Waals surface area contributed by atoms with Crippen LogP contribution in [0.3, 0.4) is 0 Å². The average Bonchev–Trinajstić information content (AvgIpc) is 3.28. The third-order valence-electron chi connectivity index (χ3n) is 5.27. The third kappa shape index (κ3) is 3.22.